The third kappa shape index (κ3) is 6.04. The molecule has 130 valence electrons. The Kier molecular flexibility index (Phi) is 7.29. The number of aryl methyl sites for hydroxylation is 2. The fourth-order valence-electron chi connectivity index (χ4n) is 2.44. The van der Waals surface area contributed by atoms with Crippen molar-refractivity contribution in [2.45, 2.75) is 45.4 Å². The molecule has 0 spiro atoms. The minimum atomic E-state index is -0.304. The van der Waals surface area contributed by atoms with Crippen LogP contribution < -0.4 is 16.0 Å². The van der Waals surface area contributed by atoms with Gasteiger partial charge in [0, 0.05) is 18.1 Å². The number of rotatable bonds is 10. The van der Waals surface area contributed by atoms with E-state index in [1.807, 2.05) is 13.0 Å². The highest BCUT2D eigenvalue weighted by Crippen LogP contribution is 2.14. The van der Waals surface area contributed by atoms with Crippen LogP contribution in [0.15, 0.2) is 34.9 Å². The number of benzene rings is 1. The molecule has 1 heterocycles. The van der Waals surface area contributed by atoms with Crippen molar-refractivity contribution >= 4 is 5.91 Å². The van der Waals surface area contributed by atoms with E-state index in [2.05, 4.69) is 10.6 Å². The highest BCUT2D eigenvalue weighted by atomic mass is 16.5. The van der Waals surface area contributed by atoms with E-state index in [4.69, 9.17) is 15.1 Å². The maximum atomic E-state index is 11.3. The number of hydrazine groups is 1. The van der Waals surface area contributed by atoms with Gasteiger partial charge in [-0.3, -0.25) is 10.2 Å². The molecule has 1 aromatic heterocycles. The highest BCUT2D eigenvalue weighted by molar-refractivity contribution is 5.93. The summed E-state index contributed by atoms with van der Waals surface area (Å²) in [6.45, 7) is 2.62. The Hall–Kier alpha value is -2.34. The average molecular weight is 331 g/mol. The van der Waals surface area contributed by atoms with Gasteiger partial charge in [-0.05, 0) is 44.0 Å². The maximum Gasteiger partial charge on any atom is 0.265 e. The van der Waals surface area contributed by atoms with Crippen molar-refractivity contribution in [3.05, 3.63) is 47.3 Å². The molecule has 1 amide bonds. The summed E-state index contributed by atoms with van der Waals surface area (Å²) in [5.74, 6) is 6.52. The summed E-state index contributed by atoms with van der Waals surface area (Å²) < 4.78 is 10.9. The predicted octanol–water partition coefficient (Wildman–Crippen LogP) is 3.16. The van der Waals surface area contributed by atoms with Gasteiger partial charge in [-0.15, -0.1) is 0 Å². The van der Waals surface area contributed by atoms with Gasteiger partial charge >= 0.3 is 0 Å². The SMILES string of the molecule is Cc1cc(CCCCCCCOc2ccc(C(=O)NN)cc2)on1. The fraction of sp³-hybridized carbons (Fsp3) is 0.444. The van der Waals surface area contributed by atoms with Crippen LogP contribution in [0, 0.1) is 6.92 Å². The van der Waals surface area contributed by atoms with Gasteiger partial charge in [0.05, 0.1) is 12.3 Å². The summed E-state index contributed by atoms with van der Waals surface area (Å²) in [7, 11) is 0. The number of ether oxygens (including phenoxy) is 1. The van der Waals surface area contributed by atoms with Crippen LogP contribution in [0.25, 0.3) is 0 Å². The van der Waals surface area contributed by atoms with Gasteiger partial charge in [-0.25, -0.2) is 5.84 Å². The second-order valence-electron chi connectivity index (χ2n) is 5.80. The molecule has 0 saturated carbocycles. The molecule has 0 aliphatic carbocycles. The number of amides is 1. The lowest BCUT2D eigenvalue weighted by Gasteiger charge is -2.07. The van der Waals surface area contributed by atoms with Crippen molar-refractivity contribution in [1.82, 2.24) is 10.6 Å². The number of carbonyl (C=O) groups excluding carboxylic acids is 1. The van der Waals surface area contributed by atoms with Gasteiger partial charge in [0.15, 0.2) is 0 Å². The summed E-state index contributed by atoms with van der Waals surface area (Å²) >= 11 is 0. The first-order valence-corrected chi connectivity index (χ1v) is 8.35. The van der Waals surface area contributed by atoms with E-state index in [0.29, 0.717) is 12.2 Å². The van der Waals surface area contributed by atoms with E-state index < -0.39 is 0 Å². The Bertz CT molecular complexity index is 623. The standard InChI is InChI=1S/C18H25N3O3/c1-14-13-17(24-21-14)7-5-3-2-4-6-12-23-16-10-8-15(9-11-16)18(22)20-19/h8-11,13H,2-7,12,19H2,1H3,(H,20,22). The summed E-state index contributed by atoms with van der Waals surface area (Å²) in [4.78, 5) is 11.3. The Morgan fingerprint density at radius 3 is 2.54 bits per heavy atom. The maximum absolute atomic E-state index is 11.3. The summed E-state index contributed by atoms with van der Waals surface area (Å²) in [5, 5.41) is 3.88. The first kappa shape index (κ1) is 18.0. The molecule has 2 rings (SSSR count). The van der Waals surface area contributed by atoms with E-state index in [0.717, 1.165) is 42.9 Å². The molecule has 0 fully saturated rings. The number of aromatic nitrogens is 1. The molecule has 0 aliphatic rings. The normalized spacial score (nSPS) is 10.6. The number of nitrogens with two attached hydrogens (primary N) is 1. The minimum absolute atomic E-state index is 0.304. The third-order valence-corrected chi connectivity index (χ3v) is 3.76. The van der Waals surface area contributed by atoms with Crippen LogP contribution in [-0.2, 0) is 6.42 Å². The molecule has 0 atom stereocenters. The van der Waals surface area contributed by atoms with Gasteiger partial charge in [0.2, 0.25) is 0 Å². The molecule has 0 bridgehead atoms. The highest BCUT2D eigenvalue weighted by Gasteiger charge is 2.03. The molecular weight excluding hydrogens is 306 g/mol. The van der Waals surface area contributed by atoms with Gasteiger partial charge in [0.25, 0.3) is 5.91 Å². The largest absolute Gasteiger partial charge is 0.494 e. The molecule has 3 N–H and O–H groups in total. The van der Waals surface area contributed by atoms with Crippen LogP contribution in [0.2, 0.25) is 0 Å². The number of hydrogen-bond acceptors (Lipinski definition) is 5. The quantitative estimate of drug-likeness (QED) is 0.302. The van der Waals surface area contributed by atoms with E-state index >= 15 is 0 Å². The van der Waals surface area contributed by atoms with Gasteiger partial charge in [-0.1, -0.05) is 24.4 Å². The predicted molar refractivity (Wildman–Crippen MR) is 91.6 cm³/mol. The lowest BCUT2D eigenvalue weighted by molar-refractivity contribution is 0.0953. The van der Waals surface area contributed by atoms with E-state index in [9.17, 15) is 4.79 Å². The lowest BCUT2D eigenvalue weighted by atomic mass is 10.1. The topological polar surface area (TPSA) is 90.4 Å². The van der Waals surface area contributed by atoms with Crippen LogP contribution in [0.3, 0.4) is 0 Å². The van der Waals surface area contributed by atoms with Crippen LogP contribution in [0.5, 0.6) is 5.75 Å². The molecule has 0 unspecified atom stereocenters. The molecule has 24 heavy (non-hydrogen) atoms. The molecule has 0 saturated heterocycles. The molecule has 0 radical (unpaired) electrons. The molecule has 6 heteroatoms. The number of carbonyl (C=O) groups is 1. The Morgan fingerprint density at radius 2 is 1.88 bits per heavy atom. The third-order valence-electron chi connectivity index (χ3n) is 3.76. The Morgan fingerprint density at radius 1 is 1.17 bits per heavy atom. The van der Waals surface area contributed by atoms with Crippen molar-refractivity contribution < 1.29 is 14.1 Å². The number of unbranched alkanes of at least 4 members (excludes halogenated alkanes) is 4. The first-order chi connectivity index (χ1) is 11.7. The fourth-order valence-corrected chi connectivity index (χ4v) is 2.44. The zero-order valence-corrected chi connectivity index (χ0v) is 14.1. The second kappa shape index (κ2) is 9.72. The van der Waals surface area contributed by atoms with Crippen LogP contribution in [0.4, 0.5) is 0 Å². The monoisotopic (exact) mass is 331 g/mol. The molecule has 0 aliphatic heterocycles. The van der Waals surface area contributed by atoms with Crippen molar-refractivity contribution in [2.24, 2.45) is 5.84 Å². The van der Waals surface area contributed by atoms with Gasteiger partial charge in [0.1, 0.15) is 11.5 Å². The Labute approximate surface area is 142 Å². The molecule has 1 aromatic carbocycles. The molecular formula is C18H25N3O3. The zero-order valence-electron chi connectivity index (χ0n) is 14.1. The average Bonchev–Trinajstić information content (AvgIpc) is 3.02. The van der Waals surface area contributed by atoms with Crippen LogP contribution in [-0.4, -0.2) is 17.7 Å². The molecule has 2 aromatic rings. The molecule has 6 nitrogen and oxygen atoms in total. The van der Waals surface area contributed by atoms with Crippen molar-refractivity contribution in [1.29, 1.82) is 0 Å². The smallest absolute Gasteiger partial charge is 0.265 e. The number of nitrogens with zero attached hydrogens (tertiary/aromatic N) is 1. The van der Waals surface area contributed by atoms with Crippen LogP contribution in [0.1, 0.15) is 53.9 Å². The van der Waals surface area contributed by atoms with Crippen molar-refractivity contribution in [3.63, 3.8) is 0 Å². The summed E-state index contributed by atoms with van der Waals surface area (Å²) in [5.41, 5.74) is 3.56. The lowest BCUT2D eigenvalue weighted by Crippen LogP contribution is -2.29. The second-order valence-corrected chi connectivity index (χ2v) is 5.80. The van der Waals surface area contributed by atoms with Crippen molar-refractivity contribution in [2.75, 3.05) is 6.61 Å². The summed E-state index contributed by atoms with van der Waals surface area (Å²) in [6.07, 6.45) is 6.62. The van der Waals surface area contributed by atoms with E-state index in [1.54, 1.807) is 24.3 Å². The Balaban J connectivity index is 1.51. The van der Waals surface area contributed by atoms with Crippen LogP contribution >= 0.6 is 0 Å². The first-order valence-electron chi connectivity index (χ1n) is 8.35. The van der Waals surface area contributed by atoms with Gasteiger partial charge < -0.3 is 9.26 Å². The zero-order chi connectivity index (χ0) is 17.2. The minimum Gasteiger partial charge on any atom is -0.494 e. The van der Waals surface area contributed by atoms with Crippen molar-refractivity contribution in [3.8, 4) is 5.75 Å². The number of nitrogens with one attached hydrogen (secondary N) is 1. The number of hydrogen-bond donors (Lipinski definition) is 2. The number of nitrogen functional groups attached to an aromatic ring is 1. The summed E-state index contributed by atoms with van der Waals surface area (Å²) in [6, 6.07) is 8.95. The van der Waals surface area contributed by atoms with E-state index in [1.165, 1.54) is 12.8 Å². The van der Waals surface area contributed by atoms with Gasteiger partial charge in [-0.2, -0.15) is 0 Å². The van der Waals surface area contributed by atoms with E-state index in [-0.39, 0.29) is 5.91 Å².